The van der Waals surface area contributed by atoms with E-state index in [1.54, 1.807) is 0 Å². The van der Waals surface area contributed by atoms with Crippen LogP contribution in [0.25, 0.3) is 66.8 Å². The molecule has 0 saturated carbocycles. The predicted octanol–water partition coefficient (Wildman–Crippen LogP) is 21.2. The molecule has 3 heteroatoms. The van der Waals surface area contributed by atoms with E-state index in [0.29, 0.717) is 0 Å². The van der Waals surface area contributed by atoms with Crippen LogP contribution >= 0.6 is 0 Å². The van der Waals surface area contributed by atoms with E-state index in [1.165, 1.54) is 128 Å². The van der Waals surface area contributed by atoms with Crippen molar-refractivity contribution in [1.82, 2.24) is 0 Å². The molecule has 2 nitrogen and oxygen atoms in total. The second-order valence-corrected chi connectivity index (χ2v) is 25.6. The van der Waals surface area contributed by atoms with Gasteiger partial charge in [0.05, 0.1) is 22.2 Å². The first-order valence-corrected chi connectivity index (χ1v) is 33.2. The highest BCUT2D eigenvalue weighted by atomic mass is 15.2. The average molecular weight is 1210 g/mol. The standard InChI is InChI=1S/C92H61BN2/c1-7-30-62(31-8-1)70-42-21-25-52-82(70)94-84-58-56-64(72-46-27-50-78-88(72)74-44-19-23-48-76(74)91(78,66-34-11-3-12-35-66)67-36-13-4-14-37-67)60-80(84)93-81-61-65(57-59-85(81)95(87-55-29-54-86(94)90(87)93)83-53-26-22-43-71(83)63-32-9-2-10-33-63)73-47-28-51-79-89(73)75-45-20-24-49-77(75)92(79,68-38-15-5-16-39-68)69-40-17-6-18-41-69/h1-61H. The Bertz CT molecular complexity index is 5080. The summed E-state index contributed by atoms with van der Waals surface area (Å²) in [5.41, 5.74) is 34.2. The van der Waals surface area contributed by atoms with Gasteiger partial charge in [-0.1, -0.05) is 334 Å². The van der Waals surface area contributed by atoms with Crippen molar-refractivity contribution in [2.24, 2.45) is 0 Å². The number of rotatable bonds is 10. The minimum absolute atomic E-state index is 0.208. The highest BCUT2D eigenvalue weighted by Gasteiger charge is 2.50. The Morgan fingerprint density at radius 2 is 0.495 bits per heavy atom. The smallest absolute Gasteiger partial charge is 0.252 e. The summed E-state index contributed by atoms with van der Waals surface area (Å²) in [6.45, 7) is -0.208. The summed E-state index contributed by atoms with van der Waals surface area (Å²) in [7, 11) is 0. The number of hydrogen-bond donors (Lipinski definition) is 0. The molecule has 95 heavy (non-hydrogen) atoms. The van der Waals surface area contributed by atoms with Crippen LogP contribution in [0, 0.1) is 0 Å². The van der Waals surface area contributed by atoms with Gasteiger partial charge in [0.1, 0.15) is 0 Å². The third kappa shape index (κ3) is 8.00. The molecule has 442 valence electrons. The summed E-state index contributed by atoms with van der Waals surface area (Å²) in [6, 6.07) is 139. The summed E-state index contributed by atoms with van der Waals surface area (Å²) in [6.07, 6.45) is 0. The maximum absolute atomic E-state index is 2.58. The van der Waals surface area contributed by atoms with Crippen LogP contribution in [0.2, 0.25) is 0 Å². The van der Waals surface area contributed by atoms with Gasteiger partial charge in [0.25, 0.3) is 6.71 Å². The van der Waals surface area contributed by atoms with Gasteiger partial charge in [-0.3, -0.25) is 0 Å². The molecule has 19 rings (SSSR count). The minimum atomic E-state index is -0.553. The highest BCUT2D eigenvalue weighted by molar-refractivity contribution is 7.00. The lowest BCUT2D eigenvalue weighted by Crippen LogP contribution is -2.61. The van der Waals surface area contributed by atoms with Crippen LogP contribution < -0.4 is 26.2 Å². The largest absolute Gasteiger partial charge is 0.311 e. The van der Waals surface area contributed by atoms with E-state index >= 15 is 0 Å². The van der Waals surface area contributed by atoms with Gasteiger partial charge in [0.2, 0.25) is 0 Å². The maximum Gasteiger partial charge on any atom is 0.252 e. The van der Waals surface area contributed by atoms with Gasteiger partial charge in [-0.25, -0.2) is 0 Å². The van der Waals surface area contributed by atoms with Crippen LogP contribution in [-0.2, 0) is 10.8 Å². The maximum atomic E-state index is 2.58. The number of benzene rings is 15. The summed E-state index contributed by atoms with van der Waals surface area (Å²) in [5, 5.41) is 0. The fourth-order valence-electron chi connectivity index (χ4n) is 17.3. The third-order valence-electron chi connectivity index (χ3n) is 21.0. The molecule has 15 aromatic carbocycles. The predicted molar refractivity (Wildman–Crippen MR) is 397 cm³/mol. The van der Waals surface area contributed by atoms with Gasteiger partial charge in [0.15, 0.2) is 0 Å². The molecule has 0 fully saturated rings. The molecule has 0 saturated heterocycles. The lowest BCUT2D eigenvalue weighted by Gasteiger charge is -2.45. The molecule has 15 aromatic rings. The molecule has 2 heterocycles. The van der Waals surface area contributed by atoms with Crippen molar-refractivity contribution in [2.75, 3.05) is 9.80 Å². The first kappa shape index (κ1) is 54.7. The Hall–Kier alpha value is -12.0. The van der Waals surface area contributed by atoms with Gasteiger partial charge in [-0.05, 0) is 153 Å². The molecule has 0 bridgehead atoms. The summed E-state index contributed by atoms with van der Waals surface area (Å²) in [4.78, 5) is 5.17. The van der Waals surface area contributed by atoms with Crippen molar-refractivity contribution in [2.45, 2.75) is 10.8 Å². The molecule has 0 unspecified atom stereocenters. The Morgan fingerprint density at radius 1 is 0.200 bits per heavy atom. The first-order chi connectivity index (χ1) is 47.2. The van der Waals surface area contributed by atoms with E-state index in [4.69, 9.17) is 0 Å². The fourth-order valence-corrected chi connectivity index (χ4v) is 17.3. The van der Waals surface area contributed by atoms with Crippen LogP contribution in [0.3, 0.4) is 0 Å². The Labute approximate surface area is 555 Å². The molecular formula is C92H61BN2. The van der Waals surface area contributed by atoms with Crippen molar-refractivity contribution in [1.29, 1.82) is 0 Å². The molecule has 0 amide bonds. The fraction of sp³-hybridized carbons (Fsp3) is 0.0217. The van der Waals surface area contributed by atoms with Crippen molar-refractivity contribution in [3.8, 4) is 66.8 Å². The molecule has 0 spiro atoms. The van der Waals surface area contributed by atoms with E-state index in [0.717, 1.165) is 34.1 Å². The Morgan fingerprint density at radius 3 is 0.884 bits per heavy atom. The summed E-state index contributed by atoms with van der Waals surface area (Å²) in [5.74, 6) is 0. The van der Waals surface area contributed by atoms with Crippen LogP contribution in [0.4, 0.5) is 34.1 Å². The number of para-hydroxylation sites is 2. The molecule has 0 radical (unpaired) electrons. The van der Waals surface area contributed by atoms with Crippen molar-refractivity contribution >= 4 is 57.2 Å². The zero-order valence-corrected chi connectivity index (χ0v) is 52.2. The van der Waals surface area contributed by atoms with Crippen molar-refractivity contribution < 1.29 is 0 Å². The van der Waals surface area contributed by atoms with Gasteiger partial charge in [-0.15, -0.1) is 0 Å². The average Bonchev–Trinajstić information content (AvgIpc) is 1.70. The van der Waals surface area contributed by atoms with E-state index in [2.05, 4.69) is 380 Å². The molecule has 2 aliphatic carbocycles. The number of fused-ring (bicyclic) bond motifs is 10. The topological polar surface area (TPSA) is 6.48 Å². The van der Waals surface area contributed by atoms with E-state index in [9.17, 15) is 0 Å². The second kappa shape index (κ2) is 21.8. The summed E-state index contributed by atoms with van der Waals surface area (Å²) >= 11 is 0. The van der Waals surface area contributed by atoms with Crippen LogP contribution in [0.1, 0.15) is 44.5 Å². The minimum Gasteiger partial charge on any atom is -0.311 e. The van der Waals surface area contributed by atoms with E-state index < -0.39 is 10.8 Å². The SMILES string of the molecule is c1ccc(-c2ccccc2N2c3ccc(-c4cccc5c4-c4ccccc4C5(c4ccccc4)c4ccccc4)cc3B3c4cc(-c5cccc6c5-c5ccccc5C6(c5ccccc5)c5ccccc5)ccc4N(c4ccccc4-c4ccccc4)c4cccc2c43)cc1. The normalized spacial score (nSPS) is 13.8. The molecule has 0 aromatic heterocycles. The summed E-state index contributed by atoms with van der Waals surface area (Å²) < 4.78 is 0. The lowest BCUT2D eigenvalue weighted by atomic mass is 9.33. The van der Waals surface area contributed by atoms with Gasteiger partial charge < -0.3 is 9.80 Å². The van der Waals surface area contributed by atoms with Gasteiger partial charge >= 0.3 is 0 Å². The van der Waals surface area contributed by atoms with Crippen LogP contribution in [0.5, 0.6) is 0 Å². The van der Waals surface area contributed by atoms with Crippen molar-refractivity contribution in [3.05, 3.63) is 415 Å². The Balaban J connectivity index is 0.902. The zero-order chi connectivity index (χ0) is 62.6. The van der Waals surface area contributed by atoms with Crippen LogP contribution in [-0.4, -0.2) is 6.71 Å². The van der Waals surface area contributed by atoms with Gasteiger partial charge in [0, 0.05) is 33.9 Å². The first-order valence-electron chi connectivity index (χ1n) is 33.2. The molecule has 2 aliphatic heterocycles. The number of nitrogens with zero attached hydrogens (tertiary/aromatic N) is 2. The number of hydrogen-bond acceptors (Lipinski definition) is 2. The van der Waals surface area contributed by atoms with E-state index in [-0.39, 0.29) is 6.71 Å². The quantitative estimate of drug-likeness (QED) is 0.126. The molecule has 0 N–H and O–H groups in total. The molecule has 4 aliphatic rings. The zero-order valence-electron chi connectivity index (χ0n) is 52.2. The highest BCUT2D eigenvalue weighted by Crippen LogP contribution is 2.61. The van der Waals surface area contributed by atoms with Crippen molar-refractivity contribution in [3.63, 3.8) is 0 Å². The Kier molecular flexibility index (Phi) is 12.6. The number of anilines is 6. The second-order valence-electron chi connectivity index (χ2n) is 25.6. The third-order valence-corrected chi connectivity index (χ3v) is 21.0. The molecule has 0 atom stereocenters. The molecular weight excluding hydrogens is 1140 g/mol. The monoisotopic (exact) mass is 1200 g/mol. The lowest BCUT2D eigenvalue weighted by molar-refractivity contribution is 0.768. The van der Waals surface area contributed by atoms with Gasteiger partial charge in [-0.2, -0.15) is 0 Å². The van der Waals surface area contributed by atoms with Crippen LogP contribution in [0.15, 0.2) is 370 Å². The van der Waals surface area contributed by atoms with E-state index in [1.807, 2.05) is 0 Å².